The summed E-state index contributed by atoms with van der Waals surface area (Å²) < 4.78 is 5.41. The summed E-state index contributed by atoms with van der Waals surface area (Å²) in [4.78, 5) is 40.2. The maximum absolute atomic E-state index is 12.6. The van der Waals surface area contributed by atoms with Gasteiger partial charge in [0.05, 0.1) is 12.1 Å². The predicted molar refractivity (Wildman–Crippen MR) is 122 cm³/mol. The third-order valence-corrected chi connectivity index (χ3v) is 5.65. The molecule has 1 aliphatic rings. The van der Waals surface area contributed by atoms with Crippen LogP contribution in [0.4, 0.5) is 10.5 Å². The van der Waals surface area contributed by atoms with E-state index in [2.05, 4.69) is 15.6 Å². The number of hydrogen-bond acceptors (Lipinski definition) is 5. The van der Waals surface area contributed by atoms with Crippen molar-refractivity contribution in [1.29, 1.82) is 0 Å². The molecule has 1 aliphatic carbocycles. The number of ether oxygens (including phenoxy) is 1. The van der Waals surface area contributed by atoms with Crippen LogP contribution in [-0.2, 0) is 14.3 Å². The zero-order valence-corrected chi connectivity index (χ0v) is 18.1. The zero-order valence-electron chi connectivity index (χ0n) is 17.3. The first kappa shape index (κ1) is 22.3. The van der Waals surface area contributed by atoms with Gasteiger partial charge in [0.1, 0.15) is 12.6 Å². The van der Waals surface area contributed by atoms with E-state index in [0.717, 1.165) is 22.3 Å². The van der Waals surface area contributed by atoms with Crippen LogP contribution < -0.4 is 10.6 Å². The SMILES string of the molecule is O=C(O)CC(NC(=O)OCC1c2ccccc2-c2ccccc21)C(=O)Nc1cccnc1Cl. The number of nitrogens with one attached hydrogen (secondary N) is 2. The van der Waals surface area contributed by atoms with Crippen molar-refractivity contribution in [3.05, 3.63) is 83.1 Å². The van der Waals surface area contributed by atoms with Gasteiger partial charge < -0.3 is 20.5 Å². The van der Waals surface area contributed by atoms with E-state index in [0.29, 0.717) is 0 Å². The Labute approximate surface area is 194 Å². The van der Waals surface area contributed by atoms with Gasteiger partial charge >= 0.3 is 12.1 Å². The molecule has 4 rings (SSSR count). The summed E-state index contributed by atoms with van der Waals surface area (Å²) in [5.41, 5.74) is 4.45. The minimum Gasteiger partial charge on any atom is -0.481 e. The maximum atomic E-state index is 12.6. The number of benzene rings is 2. The molecule has 1 atom stereocenters. The first-order valence-electron chi connectivity index (χ1n) is 10.2. The molecule has 1 unspecified atom stereocenters. The fourth-order valence-corrected chi connectivity index (χ4v) is 4.03. The lowest BCUT2D eigenvalue weighted by Gasteiger charge is -2.19. The van der Waals surface area contributed by atoms with Crippen LogP contribution in [-0.4, -0.2) is 40.7 Å². The fraction of sp³-hybridized carbons (Fsp3) is 0.167. The van der Waals surface area contributed by atoms with Crippen molar-refractivity contribution >= 4 is 35.3 Å². The molecule has 168 valence electrons. The summed E-state index contributed by atoms with van der Waals surface area (Å²) in [6, 6.07) is 17.5. The van der Waals surface area contributed by atoms with E-state index in [1.807, 2.05) is 48.5 Å². The largest absolute Gasteiger partial charge is 0.481 e. The van der Waals surface area contributed by atoms with E-state index < -0.39 is 30.4 Å². The Balaban J connectivity index is 1.43. The van der Waals surface area contributed by atoms with Crippen LogP contribution in [0.1, 0.15) is 23.5 Å². The molecule has 1 aromatic heterocycles. The van der Waals surface area contributed by atoms with E-state index in [9.17, 15) is 19.5 Å². The number of aliphatic carboxylic acids is 1. The van der Waals surface area contributed by atoms with Crippen molar-refractivity contribution in [3.63, 3.8) is 0 Å². The second kappa shape index (κ2) is 9.70. The minimum absolute atomic E-state index is 0.0374. The summed E-state index contributed by atoms with van der Waals surface area (Å²) in [5.74, 6) is -2.17. The quantitative estimate of drug-likeness (QED) is 0.453. The summed E-state index contributed by atoms with van der Waals surface area (Å²) in [6.45, 7) is 0.0374. The Morgan fingerprint density at radius 2 is 1.64 bits per heavy atom. The number of pyridine rings is 1. The van der Waals surface area contributed by atoms with Gasteiger partial charge in [0.25, 0.3) is 0 Å². The van der Waals surface area contributed by atoms with E-state index >= 15 is 0 Å². The number of fused-ring (bicyclic) bond motifs is 3. The topological polar surface area (TPSA) is 118 Å². The molecule has 0 radical (unpaired) electrons. The molecule has 0 saturated carbocycles. The van der Waals surface area contributed by atoms with Gasteiger partial charge in [-0.1, -0.05) is 60.1 Å². The highest BCUT2D eigenvalue weighted by Crippen LogP contribution is 2.44. The van der Waals surface area contributed by atoms with Crippen molar-refractivity contribution in [2.24, 2.45) is 0 Å². The minimum atomic E-state index is -1.37. The highest BCUT2D eigenvalue weighted by Gasteiger charge is 2.30. The smallest absolute Gasteiger partial charge is 0.407 e. The van der Waals surface area contributed by atoms with Gasteiger partial charge in [-0.25, -0.2) is 9.78 Å². The first-order chi connectivity index (χ1) is 15.9. The number of halogens is 1. The Morgan fingerprint density at radius 3 is 2.24 bits per heavy atom. The van der Waals surface area contributed by atoms with E-state index in [4.69, 9.17) is 16.3 Å². The lowest BCUT2D eigenvalue weighted by atomic mass is 9.98. The summed E-state index contributed by atoms with van der Waals surface area (Å²) in [6.07, 6.45) is -0.0780. The van der Waals surface area contributed by atoms with Crippen LogP contribution in [0.25, 0.3) is 11.1 Å². The van der Waals surface area contributed by atoms with E-state index in [1.54, 1.807) is 6.07 Å². The molecule has 2 amide bonds. The number of carboxylic acid groups (broad SMARTS) is 1. The Kier molecular flexibility index (Phi) is 6.55. The molecule has 9 heteroatoms. The number of carbonyl (C=O) groups excluding carboxylic acids is 2. The number of carbonyl (C=O) groups is 3. The summed E-state index contributed by atoms with van der Waals surface area (Å²) >= 11 is 5.94. The van der Waals surface area contributed by atoms with Gasteiger partial charge in [-0.15, -0.1) is 0 Å². The highest BCUT2D eigenvalue weighted by atomic mass is 35.5. The van der Waals surface area contributed by atoms with Gasteiger partial charge in [-0.2, -0.15) is 0 Å². The molecular weight excluding hydrogens is 446 g/mol. The molecule has 0 fully saturated rings. The normalized spacial score (nSPS) is 12.9. The van der Waals surface area contributed by atoms with Crippen LogP contribution in [0.3, 0.4) is 0 Å². The average molecular weight is 466 g/mol. The molecule has 2 aromatic carbocycles. The molecule has 8 nitrogen and oxygen atoms in total. The highest BCUT2D eigenvalue weighted by molar-refractivity contribution is 6.32. The molecular formula is C24H20ClN3O5. The average Bonchev–Trinajstić information content (AvgIpc) is 3.12. The Morgan fingerprint density at radius 1 is 1.00 bits per heavy atom. The Bertz CT molecular complexity index is 1170. The molecule has 0 saturated heterocycles. The van der Waals surface area contributed by atoms with E-state index in [-0.39, 0.29) is 23.4 Å². The van der Waals surface area contributed by atoms with Gasteiger partial charge in [0, 0.05) is 12.1 Å². The van der Waals surface area contributed by atoms with Gasteiger partial charge in [-0.05, 0) is 34.4 Å². The fourth-order valence-electron chi connectivity index (χ4n) is 3.87. The molecule has 1 heterocycles. The lowest BCUT2D eigenvalue weighted by Crippen LogP contribution is -2.45. The zero-order chi connectivity index (χ0) is 23.4. The number of hydrogen-bond donors (Lipinski definition) is 3. The number of anilines is 1. The second-order valence-corrected chi connectivity index (χ2v) is 7.81. The van der Waals surface area contributed by atoms with Gasteiger partial charge in [0.2, 0.25) is 5.91 Å². The monoisotopic (exact) mass is 465 g/mol. The summed E-state index contributed by atoms with van der Waals surface area (Å²) in [5, 5.41) is 14.0. The third-order valence-electron chi connectivity index (χ3n) is 5.35. The molecule has 0 aliphatic heterocycles. The van der Waals surface area contributed by atoms with Crippen LogP contribution in [0.2, 0.25) is 5.15 Å². The standard InChI is InChI=1S/C24H20ClN3O5/c25-22-19(10-5-11-26-22)27-23(31)20(12-21(29)30)28-24(32)33-13-18-16-8-3-1-6-14(16)15-7-2-4-9-17(15)18/h1-11,18,20H,12-13H2,(H,27,31)(H,28,32)(H,29,30). The van der Waals surface area contributed by atoms with Crippen LogP contribution in [0.15, 0.2) is 66.9 Å². The van der Waals surface area contributed by atoms with Crippen molar-refractivity contribution in [1.82, 2.24) is 10.3 Å². The predicted octanol–water partition coefficient (Wildman–Crippen LogP) is 4.06. The molecule has 0 spiro atoms. The number of carboxylic acids is 1. The summed E-state index contributed by atoms with van der Waals surface area (Å²) in [7, 11) is 0. The van der Waals surface area contributed by atoms with Crippen molar-refractivity contribution in [3.8, 4) is 11.1 Å². The van der Waals surface area contributed by atoms with Crippen LogP contribution >= 0.6 is 11.6 Å². The van der Waals surface area contributed by atoms with E-state index in [1.165, 1.54) is 12.3 Å². The van der Waals surface area contributed by atoms with Crippen molar-refractivity contribution in [2.45, 2.75) is 18.4 Å². The molecule has 33 heavy (non-hydrogen) atoms. The molecule has 3 N–H and O–H groups in total. The van der Waals surface area contributed by atoms with Crippen molar-refractivity contribution < 1.29 is 24.2 Å². The van der Waals surface area contributed by atoms with Crippen LogP contribution in [0.5, 0.6) is 0 Å². The number of aromatic nitrogens is 1. The second-order valence-electron chi connectivity index (χ2n) is 7.45. The number of rotatable bonds is 7. The third kappa shape index (κ3) is 4.96. The van der Waals surface area contributed by atoms with Crippen molar-refractivity contribution in [2.75, 3.05) is 11.9 Å². The lowest BCUT2D eigenvalue weighted by molar-refractivity contribution is -0.139. The molecule has 3 aromatic rings. The van der Waals surface area contributed by atoms with Gasteiger partial charge in [0.15, 0.2) is 5.15 Å². The maximum Gasteiger partial charge on any atom is 0.407 e. The van der Waals surface area contributed by atoms with Crippen LogP contribution in [0, 0.1) is 0 Å². The first-order valence-corrected chi connectivity index (χ1v) is 10.6. The number of amides is 2. The van der Waals surface area contributed by atoms with Gasteiger partial charge in [-0.3, -0.25) is 9.59 Å². The molecule has 0 bridgehead atoms. The Hall–Kier alpha value is -3.91. The number of nitrogens with zero attached hydrogens (tertiary/aromatic N) is 1. The number of alkyl carbamates (subject to hydrolysis) is 1.